The van der Waals surface area contributed by atoms with Gasteiger partial charge >= 0.3 is 0 Å². The highest BCUT2D eigenvalue weighted by Gasteiger charge is 2.15. The third-order valence-corrected chi connectivity index (χ3v) is 5.07. The summed E-state index contributed by atoms with van der Waals surface area (Å²) in [4.78, 5) is 2.47. The van der Waals surface area contributed by atoms with Gasteiger partial charge in [0.25, 0.3) is 0 Å². The third-order valence-electron chi connectivity index (χ3n) is 5.07. The summed E-state index contributed by atoms with van der Waals surface area (Å²) in [5.74, 6) is 0.505. The maximum absolute atomic E-state index is 3.77. The molecule has 1 atom stereocenters. The van der Waals surface area contributed by atoms with Crippen LogP contribution in [0.3, 0.4) is 0 Å². The smallest absolute Gasteiger partial charge is 0.0416 e. The first-order chi connectivity index (χ1) is 12.5. The first-order valence-electron chi connectivity index (χ1n) is 9.80. The Morgan fingerprint density at radius 2 is 1.62 bits per heavy atom. The molecule has 0 aliphatic carbocycles. The second kappa shape index (κ2) is 9.47. The Balaban J connectivity index is 2.45. The number of anilines is 2. The Hall–Kier alpha value is -2.22. The fourth-order valence-corrected chi connectivity index (χ4v) is 3.22. The molecule has 0 spiro atoms. The van der Waals surface area contributed by atoms with Crippen LogP contribution < -0.4 is 10.2 Å². The van der Waals surface area contributed by atoms with Crippen LogP contribution in [-0.2, 0) is 12.8 Å². The van der Waals surface area contributed by atoms with Crippen LogP contribution in [0, 0.1) is 19.8 Å². The fourth-order valence-electron chi connectivity index (χ4n) is 3.22. The topological polar surface area (TPSA) is 15.3 Å². The zero-order valence-corrected chi connectivity index (χ0v) is 17.1. The monoisotopic (exact) mass is 350 g/mol. The number of benzene rings is 2. The zero-order valence-electron chi connectivity index (χ0n) is 17.1. The number of aryl methyl sites for hydroxylation is 4. The van der Waals surface area contributed by atoms with Crippen molar-refractivity contribution in [1.29, 1.82) is 0 Å². The molecule has 0 bridgehead atoms. The Bertz CT molecular complexity index is 711. The van der Waals surface area contributed by atoms with Crippen LogP contribution in [0.5, 0.6) is 0 Å². The number of rotatable bonds is 9. The Labute approximate surface area is 159 Å². The van der Waals surface area contributed by atoms with Gasteiger partial charge in [0.1, 0.15) is 0 Å². The van der Waals surface area contributed by atoms with E-state index in [1.165, 1.54) is 33.6 Å². The van der Waals surface area contributed by atoms with Gasteiger partial charge in [0.2, 0.25) is 0 Å². The summed E-state index contributed by atoms with van der Waals surface area (Å²) in [6.45, 7) is 16.8. The molecule has 1 N–H and O–H groups in total. The molecule has 26 heavy (non-hydrogen) atoms. The van der Waals surface area contributed by atoms with Crippen LogP contribution in [-0.4, -0.2) is 13.1 Å². The minimum absolute atomic E-state index is 0.505. The van der Waals surface area contributed by atoms with Gasteiger partial charge in [0, 0.05) is 24.5 Å². The van der Waals surface area contributed by atoms with E-state index < -0.39 is 0 Å². The maximum Gasteiger partial charge on any atom is 0.0416 e. The number of nitrogens with zero attached hydrogens (tertiary/aromatic N) is 1. The summed E-state index contributed by atoms with van der Waals surface area (Å²) in [5.41, 5.74) is 8.07. The van der Waals surface area contributed by atoms with E-state index in [9.17, 15) is 0 Å². The van der Waals surface area contributed by atoms with Crippen LogP contribution in [0.15, 0.2) is 49.2 Å². The van der Waals surface area contributed by atoms with Crippen molar-refractivity contribution in [3.8, 4) is 0 Å². The molecule has 0 aliphatic rings. The highest BCUT2D eigenvalue weighted by atomic mass is 15.1. The van der Waals surface area contributed by atoms with E-state index in [2.05, 4.69) is 87.8 Å². The van der Waals surface area contributed by atoms with Crippen molar-refractivity contribution in [2.45, 2.75) is 47.5 Å². The van der Waals surface area contributed by atoms with Crippen molar-refractivity contribution in [2.75, 3.05) is 18.0 Å². The molecule has 0 saturated carbocycles. The standard InChI is InChI=1S/C24H34N2/c1-7-21-13-22(8-2)15-24(14-21)26(17-18(4)16-25-9-3)23-11-10-19(5)20(6)12-23/h9-15,18,25H,3,7-8,16-17H2,1-2,4-6H3. The predicted octanol–water partition coefficient (Wildman–Crippen LogP) is 5.94. The third kappa shape index (κ3) is 5.14. The molecule has 2 heteroatoms. The highest BCUT2D eigenvalue weighted by molar-refractivity contribution is 5.66. The first kappa shape index (κ1) is 20.1. The number of hydrogen-bond acceptors (Lipinski definition) is 2. The van der Waals surface area contributed by atoms with Gasteiger partial charge in [-0.3, -0.25) is 0 Å². The maximum atomic E-state index is 3.77. The van der Waals surface area contributed by atoms with E-state index in [0.29, 0.717) is 5.92 Å². The van der Waals surface area contributed by atoms with Gasteiger partial charge in [-0.25, -0.2) is 0 Å². The summed E-state index contributed by atoms with van der Waals surface area (Å²) < 4.78 is 0. The Kier molecular flexibility index (Phi) is 7.32. The van der Waals surface area contributed by atoms with Crippen LogP contribution in [0.2, 0.25) is 0 Å². The molecule has 0 radical (unpaired) electrons. The van der Waals surface area contributed by atoms with Crippen molar-refractivity contribution in [2.24, 2.45) is 5.92 Å². The Morgan fingerprint density at radius 1 is 0.962 bits per heavy atom. The predicted molar refractivity (Wildman–Crippen MR) is 115 cm³/mol. The molecule has 0 aliphatic heterocycles. The van der Waals surface area contributed by atoms with Gasteiger partial charge in [-0.1, -0.05) is 39.5 Å². The average molecular weight is 351 g/mol. The summed E-state index contributed by atoms with van der Waals surface area (Å²) in [5, 5.41) is 3.26. The lowest BCUT2D eigenvalue weighted by molar-refractivity contribution is 0.561. The second-order valence-corrected chi connectivity index (χ2v) is 7.31. The van der Waals surface area contributed by atoms with Crippen LogP contribution >= 0.6 is 0 Å². The van der Waals surface area contributed by atoms with Crippen LogP contribution in [0.25, 0.3) is 0 Å². The molecule has 140 valence electrons. The van der Waals surface area contributed by atoms with E-state index >= 15 is 0 Å². The van der Waals surface area contributed by atoms with Gasteiger partial charge in [0.05, 0.1) is 0 Å². The summed E-state index contributed by atoms with van der Waals surface area (Å²) in [6, 6.07) is 13.8. The largest absolute Gasteiger partial charge is 0.391 e. The lowest BCUT2D eigenvalue weighted by Crippen LogP contribution is -2.29. The molecule has 1 unspecified atom stereocenters. The highest BCUT2D eigenvalue weighted by Crippen LogP contribution is 2.30. The minimum atomic E-state index is 0.505. The van der Waals surface area contributed by atoms with Gasteiger partial charge in [0.15, 0.2) is 0 Å². The van der Waals surface area contributed by atoms with E-state index in [1.807, 2.05) is 0 Å². The van der Waals surface area contributed by atoms with Gasteiger partial charge in [-0.15, -0.1) is 0 Å². The molecule has 2 rings (SSSR count). The molecular weight excluding hydrogens is 316 g/mol. The van der Waals surface area contributed by atoms with E-state index in [-0.39, 0.29) is 0 Å². The van der Waals surface area contributed by atoms with E-state index in [1.54, 1.807) is 6.20 Å². The molecule has 2 aromatic carbocycles. The number of nitrogens with one attached hydrogen (secondary N) is 1. The second-order valence-electron chi connectivity index (χ2n) is 7.31. The molecule has 0 saturated heterocycles. The quantitative estimate of drug-likeness (QED) is 0.602. The SMILES string of the molecule is C=CNCC(C)CN(c1cc(CC)cc(CC)c1)c1ccc(C)c(C)c1. The summed E-state index contributed by atoms with van der Waals surface area (Å²) in [6.07, 6.45) is 3.91. The molecular formula is C24H34N2. The minimum Gasteiger partial charge on any atom is -0.391 e. The lowest BCUT2D eigenvalue weighted by atomic mass is 10.0. The number of hydrogen-bond donors (Lipinski definition) is 1. The zero-order chi connectivity index (χ0) is 19.1. The van der Waals surface area contributed by atoms with E-state index in [4.69, 9.17) is 0 Å². The van der Waals surface area contributed by atoms with Gasteiger partial charge < -0.3 is 10.2 Å². The van der Waals surface area contributed by atoms with Gasteiger partial charge in [-0.05, 0) is 85.3 Å². The fraction of sp³-hybridized carbons (Fsp3) is 0.417. The molecule has 0 aromatic heterocycles. The molecule has 0 amide bonds. The molecule has 2 nitrogen and oxygen atoms in total. The van der Waals surface area contributed by atoms with Crippen molar-refractivity contribution in [1.82, 2.24) is 5.32 Å². The van der Waals surface area contributed by atoms with E-state index in [0.717, 1.165) is 25.9 Å². The van der Waals surface area contributed by atoms with Gasteiger partial charge in [-0.2, -0.15) is 0 Å². The summed E-state index contributed by atoms with van der Waals surface area (Å²) >= 11 is 0. The Morgan fingerprint density at radius 3 is 2.15 bits per heavy atom. The van der Waals surface area contributed by atoms with Crippen molar-refractivity contribution in [3.63, 3.8) is 0 Å². The molecule has 0 heterocycles. The molecule has 2 aromatic rings. The molecule has 0 fully saturated rings. The first-order valence-corrected chi connectivity index (χ1v) is 9.80. The average Bonchev–Trinajstić information content (AvgIpc) is 2.66. The summed E-state index contributed by atoms with van der Waals surface area (Å²) in [7, 11) is 0. The van der Waals surface area contributed by atoms with Crippen molar-refractivity contribution in [3.05, 3.63) is 71.4 Å². The lowest BCUT2D eigenvalue weighted by Gasteiger charge is -2.30. The van der Waals surface area contributed by atoms with Crippen LogP contribution in [0.4, 0.5) is 11.4 Å². The van der Waals surface area contributed by atoms with Crippen molar-refractivity contribution < 1.29 is 0 Å². The van der Waals surface area contributed by atoms with Crippen molar-refractivity contribution >= 4 is 11.4 Å². The van der Waals surface area contributed by atoms with Crippen LogP contribution in [0.1, 0.15) is 43.0 Å². The normalized spacial score (nSPS) is 11.9.